The highest BCUT2D eigenvalue weighted by Crippen LogP contribution is 2.36. The molecule has 2 amide bonds. The number of aryl methyl sites for hydroxylation is 1. The van der Waals surface area contributed by atoms with Crippen LogP contribution in [0.1, 0.15) is 24.0 Å². The maximum atomic E-state index is 13.9. The molecule has 1 saturated heterocycles. The van der Waals surface area contributed by atoms with Crippen LogP contribution in [0.2, 0.25) is 0 Å². The number of amides is 2. The minimum Gasteiger partial charge on any atom is -0.345 e. The lowest BCUT2D eigenvalue weighted by Crippen LogP contribution is -2.50. The first-order valence-corrected chi connectivity index (χ1v) is 10.1. The normalized spacial score (nSPS) is 15.4. The van der Waals surface area contributed by atoms with Crippen molar-refractivity contribution in [3.63, 3.8) is 0 Å². The summed E-state index contributed by atoms with van der Waals surface area (Å²) in [6.07, 6.45) is 4.67. The Morgan fingerprint density at radius 3 is 2.19 bits per heavy atom. The number of nitrogens with one attached hydrogen (secondary N) is 2. The van der Waals surface area contributed by atoms with E-state index in [4.69, 9.17) is 0 Å². The second-order valence-corrected chi connectivity index (χ2v) is 7.67. The summed E-state index contributed by atoms with van der Waals surface area (Å²) < 4.78 is 27.8. The summed E-state index contributed by atoms with van der Waals surface area (Å²) in [6, 6.07) is 12.9. The molecule has 1 aliphatic heterocycles. The summed E-state index contributed by atoms with van der Waals surface area (Å²) >= 11 is 0. The standard InChI is InChI=1S/C23H23F2N5O/c1-16-14-26-21(27-15-16)29-23(17-6-3-2-4-7-17)10-12-30(13-11-23)22(31)28-20-18(24)8-5-9-19(20)25/h2-9,14-15H,10-13H2,1H3,(H,28,31)(H,26,27,29). The van der Waals surface area contributed by atoms with Gasteiger partial charge < -0.3 is 15.5 Å². The second kappa shape index (κ2) is 8.67. The van der Waals surface area contributed by atoms with Gasteiger partial charge in [-0.1, -0.05) is 36.4 Å². The Hall–Kier alpha value is -3.55. The van der Waals surface area contributed by atoms with Crippen LogP contribution < -0.4 is 10.6 Å². The largest absolute Gasteiger partial charge is 0.345 e. The molecule has 31 heavy (non-hydrogen) atoms. The van der Waals surface area contributed by atoms with Crippen LogP contribution in [0.4, 0.5) is 25.2 Å². The Morgan fingerprint density at radius 2 is 1.58 bits per heavy atom. The number of urea groups is 1. The van der Waals surface area contributed by atoms with Crippen molar-refractivity contribution in [2.45, 2.75) is 25.3 Å². The molecule has 6 nitrogen and oxygen atoms in total. The Morgan fingerprint density at radius 1 is 0.968 bits per heavy atom. The number of aromatic nitrogens is 2. The van der Waals surface area contributed by atoms with Crippen LogP contribution in [0.25, 0.3) is 0 Å². The highest BCUT2D eigenvalue weighted by atomic mass is 19.1. The maximum Gasteiger partial charge on any atom is 0.322 e. The SMILES string of the molecule is Cc1cnc(NC2(c3ccccc3)CCN(C(=O)Nc3c(F)cccc3F)CC2)nc1. The van der Waals surface area contributed by atoms with Gasteiger partial charge in [0, 0.05) is 25.5 Å². The second-order valence-electron chi connectivity index (χ2n) is 7.67. The summed E-state index contributed by atoms with van der Waals surface area (Å²) in [5.41, 5.74) is 1.14. The summed E-state index contributed by atoms with van der Waals surface area (Å²) in [4.78, 5) is 23.0. The molecule has 0 radical (unpaired) electrons. The van der Waals surface area contributed by atoms with E-state index >= 15 is 0 Å². The smallest absolute Gasteiger partial charge is 0.322 e. The Bertz CT molecular complexity index is 1030. The van der Waals surface area contributed by atoms with Crippen LogP contribution in [0.3, 0.4) is 0 Å². The van der Waals surface area contributed by atoms with Gasteiger partial charge >= 0.3 is 6.03 Å². The zero-order valence-corrected chi connectivity index (χ0v) is 17.1. The van der Waals surface area contributed by atoms with E-state index in [0.717, 1.165) is 23.3 Å². The maximum absolute atomic E-state index is 13.9. The predicted molar refractivity (Wildman–Crippen MR) is 115 cm³/mol. The quantitative estimate of drug-likeness (QED) is 0.638. The van der Waals surface area contributed by atoms with E-state index in [1.807, 2.05) is 37.3 Å². The minimum atomic E-state index is -0.804. The van der Waals surface area contributed by atoms with Crippen LogP contribution in [0.5, 0.6) is 0 Å². The lowest BCUT2D eigenvalue weighted by atomic mass is 9.81. The lowest BCUT2D eigenvalue weighted by Gasteiger charge is -2.42. The molecule has 2 N–H and O–H groups in total. The highest BCUT2D eigenvalue weighted by Gasteiger charge is 2.38. The van der Waals surface area contributed by atoms with Gasteiger partial charge in [-0.2, -0.15) is 0 Å². The molecular formula is C23H23F2N5O. The molecule has 0 aliphatic carbocycles. The van der Waals surface area contributed by atoms with Gasteiger partial charge in [0.25, 0.3) is 0 Å². The predicted octanol–water partition coefficient (Wildman–Crippen LogP) is 4.70. The number of piperidine rings is 1. The van der Waals surface area contributed by atoms with E-state index in [1.54, 1.807) is 17.3 Å². The van der Waals surface area contributed by atoms with Crippen molar-refractivity contribution in [1.82, 2.24) is 14.9 Å². The monoisotopic (exact) mass is 423 g/mol. The fraction of sp³-hybridized carbons (Fsp3) is 0.261. The van der Waals surface area contributed by atoms with Gasteiger partial charge in [-0.15, -0.1) is 0 Å². The molecule has 0 atom stereocenters. The zero-order chi connectivity index (χ0) is 21.8. The zero-order valence-electron chi connectivity index (χ0n) is 17.1. The van der Waals surface area contributed by atoms with Crippen molar-refractivity contribution >= 4 is 17.7 Å². The lowest BCUT2D eigenvalue weighted by molar-refractivity contribution is 0.176. The highest BCUT2D eigenvalue weighted by molar-refractivity contribution is 5.89. The molecule has 1 aliphatic rings. The Labute approximate surface area is 179 Å². The van der Waals surface area contributed by atoms with Gasteiger partial charge in [0.15, 0.2) is 0 Å². The van der Waals surface area contributed by atoms with Crippen molar-refractivity contribution in [3.05, 3.63) is 83.7 Å². The number of nitrogens with zero attached hydrogens (tertiary/aromatic N) is 3. The molecule has 160 valence electrons. The van der Waals surface area contributed by atoms with Crippen LogP contribution >= 0.6 is 0 Å². The molecule has 0 saturated carbocycles. The number of carbonyl (C=O) groups excluding carboxylic acids is 1. The third kappa shape index (κ3) is 4.47. The third-order valence-electron chi connectivity index (χ3n) is 5.56. The molecule has 3 aromatic rings. The first-order chi connectivity index (χ1) is 15.0. The molecule has 2 heterocycles. The summed E-state index contributed by atoms with van der Waals surface area (Å²) in [6.45, 7) is 2.72. The van der Waals surface area contributed by atoms with Crippen molar-refractivity contribution < 1.29 is 13.6 Å². The summed E-state index contributed by atoms with van der Waals surface area (Å²) in [5, 5.41) is 5.83. The molecule has 0 unspecified atom stereocenters. The fourth-order valence-electron chi connectivity index (χ4n) is 3.81. The molecule has 4 rings (SSSR count). The number of anilines is 2. The van der Waals surface area contributed by atoms with E-state index in [1.165, 1.54) is 6.07 Å². The van der Waals surface area contributed by atoms with Gasteiger partial charge in [0.05, 0.1) is 5.54 Å². The van der Waals surface area contributed by atoms with E-state index in [2.05, 4.69) is 20.6 Å². The van der Waals surface area contributed by atoms with E-state index in [0.29, 0.717) is 31.9 Å². The molecular weight excluding hydrogens is 400 g/mol. The summed E-state index contributed by atoms with van der Waals surface area (Å²) in [5.74, 6) is -1.09. The number of likely N-dealkylation sites (tertiary alicyclic amines) is 1. The van der Waals surface area contributed by atoms with Crippen LogP contribution in [-0.4, -0.2) is 34.0 Å². The van der Waals surface area contributed by atoms with Gasteiger partial charge in [-0.3, -0.25) is 0 Å². The molecule has 8 heteroatoms. The van der Waals surface area contributed by atoms with Crippen LogP contribution in [-0.2, 0) is 5.54 Å². The molecule has 0 bridgehead atoms. The van der Waals surface area contributed by atoms with Crippen LogP contribution in [0, 0.1) is 18.6 Å². The average Bonchev–Trinajstić information content (AvgIpc) is 2.79. The van der Waals surface area contributed by atoms with Gasteiger partial charge in [0.2, 0.25) is 5.95 Å². The summed E-state index contributed by atoms with van der Waals surface area (Å²) in [7, 11) is 0. The number of hydrogen-bond donors (Lipinski definition) is 2. The molecule has 2 aromatic carbocycles. The Kier molecular flexibility index (Phi) is 5.79. The van der Waals surface area contributed by atoms with Gasteiger partial charge in [-0.25, -0.2) is 23.5 Å². The Balaban J connectivity index is 1.51. The minimum absolute atomic E-state index is 0.398. The van der Waals surface area contributed by atoms with Gasteiger partial charge in [0.1, 0.15) is 17.3 Å². The number of halogens is 2. The molecule has 1 fully saturated rings. The van der Waals surface area contributed by atoms with Crippen LogP contribution in [0.15, 0.2) is 60.9 Å². The topological polar surface area (TPSA) is 70.2 Å². The van der Waals surface area contributed by atoms with Gasteiger partial charge in [-0.05, 0) is 43.0 Å². The van der Waals surface area contributed by atoms with E-state index in [9.17, 15) is 13.6 Å². The van der Waals surface area contributed by atoms with Crippen molar-refractivity contribution in [3.8, 4) is 0 Å². The number of hydrogen-bond acceptors (Lipinski definition) is 4. The fourth-order valence-corrected chi connectivity index (χ4v) is 3.81. The van der Waals surface area contributed by atoms with E-state index in [-0.39, 0.29) is 0 Å². The van der Waals surface area contributed by atoms with Crippen molar-refractivity contribution in [2.24, 2.45) is 0 Å². The molecule has 0 spiro atoms. The number of carbonyl (C=O) groups is 1. The van der Waals surface area contributed by atoms with E-state index < -0.39 is 28.9 Å². The first-order valence-electron chi connectivity index (χ1n) is 10.1. The average molecular weight is 423 g/mol. The molecule has 1 aromatic heterocycles. The number of benzene rings is 2. The van der Waals surface area contributed by atoms with Crippen molar-refractivity contribution in [2.75, 3.05) is 23.7 Å². The third-order valence-corrected chi connectivity index (χ3v) is 5.56. The number of rotatable bonds is 4. The first kappa shape index (κ1) is 20.7. The number of para-hydroxylation sites is 1. The van der Waals surface area contributed by atoms with Crippen molar-refractivity contribution in [1.29, 1.82) is 0 Å².